The van der Waals surface area contributed by atoms with Gasteiger partial charge in [-0.15, -0.1) is 11.3 Å². The summed E-state index contributed by atoms with van der Waals surface area (Å²) in [6.07, 6.45) is 1.40. The molecule has 1 atom stereocenters. The highest BCUT2D eigenvalue weighted by Crippen LogP contribution is 2.27. The number of thiazole rings is 1. The Morgan fingerprint density at radius 2 is 1.90 bits per heavy atom. The third-order valence-electron chi connectivity index (χ3n) is 3.44. The molecule has 0 fully saturated rings. The smallest absolute Gasteiger partial charge is 0.130 e. The van der Waals surface area contributed by atoms with Gasteiger partial charge in [0.1, 0.15) is 11.6 Å². The summed E-state index contributed by atoms with van der Waals surface area (Å²) >= 11 is 1.59. The zero-order valence-electron chi connectivity index (χ0n) is 12.5. The summed E-state index contributed by atoms with van der Waals surface area (Å²) in [5.41, 5.74) is 1.09. The van der Waals surface area contributed by atoms with Gasteiger partial charge in [-0.3, -0.25) is 0 Å². The van der Waals surface area contributed by atoms with Gasteiger partial charge in [0.15, 0.2) is 0 Å². The summed E-state index contributed by atoms with van der Waals surface area (Å²) in [6.45, 7) is 6.70. The number of benzene rings is 1. The molecule has 2 rings (SSSR count). The van der Waals surface area contributed by atoms with Gasteiger partial charge in [0.05, 0.1) is 10.7 Å². The van der Waals surface area contributed by atoms with E-state index in [9.17, 15) is 8.78 Å². The summed E-state index contributed by atoms with van der Waals surface area (Å²) in [5, 5.41) is 4.14. The molecule has 0 saturated heterocycles. The summed E-state index contributed by atoms with van der Waals surface area (Å²) in [6, 6.07) is 3.61. The molecule has 1 aromatic carbocycles. The summed E-state index contributed by atoms with van der Waals surface area (Å²) in [7, 11) is 0. The van der Waals surface area contributed by atoms with Gasteiger partial charge in [0.25, 0.3) is 0 Å². The van der Waals surface area contributed by atoms with Crippen molar-refractivity contribution in [3.05, 3.63) is 51.0 Å². The van der Waals surface area contributed by atoms with Gasteiger partial charge in [-0.05, 0) is 38.9 Å². The van der Waals surface area contributed by atoms with Gasteiger partial charge < -0.3 is 5.32 Å². The van der Waals surface area contributed by atoms with Crippen LogP contribution < -0.4 is 5.32 Å². The van der Waals surface area contributed by atoms with Gasteiger partial charge >= 0.3 is 0 Å². The zero-order chi connectivity index (χ0) is 15.4. The molecule has 1 unspecified atom stereocenters. The van der Waals surface area contributed by atoms with E-state index in [0.717, 1.165) is 22.0 Å². The SMILES string of the molecule is CCCNC(Cc1nc(C)c(C)s1)c1c(F)cccc1F. The van der Waals surface area contributed by atoms with E-state index in [4.69, 9.17) is 0 Å². The Bertz CT molecular complexity index is 571. The highest BCUT2D eigenvalue weighted by Gasteiger charge is 2.21. The molecule has 0 spiro atoms. The molecule has 0 amide bonds. The van der Waals surface area contributed by atoms with Crippen LogP contribution >= 0.6 is 11.3 Å². The summed E-state index contributed by atoms with van der Waals surface area (Å²) in [4.78, 5) is 5.62. The second kappa shape index (κ2) is 7.09. The number of aromatic nitrogens is 1. The Labute approximate surface area is 128 Å². The van der Waals surface area contributed by atoms with E-state index in [2.05, 4.69) is 10.3 Å². The molecule has 1 heterocycles. The van der Waals surface area contributed by atoms with Crippen LogP contribution in [0, 0.1) is 25.5 Å². The molecule has 1 aromatic heterocycles. The van der Waals surface area contributed by atoms with E-state index < -0.39 is 17.7 Å². The van der Waals surface area contributed by atoms with Crippen molar-refractivity contribution < 1.29 is 8.78 Å². The number of hydrogen-bond donors (Lipinski definition) is 1. The van der Waals surface area contributed by atoms with E-state index in [1.807, 2.05) is 20.8 Å². The number of nitrogens with one attached hydrogen (secondary N) is 1. The monoisotopic (exact) mass is 310 g/mol. The van der Waals surface area contributed by atoms with Crippen LogP contribution in [-0.2, 0) is 6.42 Å². The third-order valence-corrected chi connectivity index (χ3v) is 4.54. The number of halogens is 2. The number of aryl methyl sites for hydroxylation is 2. The molecule has 2 aromatic rings. The van der Waals surface area contributed by atoms with Crippen molar-refractivity contribution >= 4 is 11.3 Å². The molecule has 21 heavy (non-hydrogen) atoms. The predicted molar refractivity (Wildman–Crippen MR) is 82.7 cm³/mol. The fourth-order valence-electron chi connectivity index (χ4n) is 2.24. The lowest BCUT2D eigenvalue weighted by Crippen LogP contribution is -2.26. The number of rotatable bonds is 6. The third kappa shape index (κ3) is 3.86. The highest BCUT2D eigenvalue weighted by atomic mass is 32.1. The Hall–Kier alpha value is -1.33. The highest BCUT2D eigenvalue weighted by molar-refractivity contribution is 7.11. The van der Waals surface area contributed by atoms with E-state index in [1.54, 1.807) is 11.3 Å². The Morgan fingerprint density at radius 3 is 2.43 bits per heavy atom. The van der Waals surface area contributed by atoms with Crippen molar-refractivity contribution in [3.63, 3.8) is 0 Å². The van der Waals surface area contributed by atoms with Crippen LogP contribution in [0.1, 0.15) is 40.5 Å². The fraction of sp³-hybridized carbons (Fsp3) is 0.438. The van der Waals surface area contributed by atoms with Crippen molar-refractivity contribution in [2.75, 3.05) is 6.54 Å². The number of hydrogen-bond acceptors (Lipinski definition) is 3. The first-order chi connectivity index (χ1) is 10.0. The van der Waals surface area contributed by atoms with Crippen molar-refractivity contribution in [2.45, 2.75) is 39.7 Å². The summed E-state index contributed by atoms with van der Waals surface area (Å²) in [5.74, 6) is -1.01. The molecule has 1 N–H and O–H groups in total. The second-order valence-corrected chi connectivity index (χ2v) is 6.38. The molecule has 0 bridgehead atoms. The van der Waals surface area contributed by atoms with Gasteiger partial charge in [0.2, 0.25) is 0 Å². The van der Waals surface area contributed by atoms with Gasteiger partial charge in [0, 0.05) is 22.9 Å². The second-order valence-electron chi connectivity index (χ2n) is 5.10. The minimum Gasteiger partial charge on any atom is -0.309 e. The van der Waals surface area contributed by atoms with Crippen molar-refractivity contribution in [2.24, 2.45) is 0 Å². The lowest BCUT2D eigenvalue weighted by molar-refractivity contribution is 0.464. The maximum absolute atomic E-state index is 14.0. The Kier molecular flexibility index (Phi) is 5.42. The first-order valence-electron chi connectivity index (χ1n) is 7.13. The normalized spacial score (nSPS) is 12.6. The topological polar surface area (TPSA) is 24.9 Å². The summed E-state index contributed by atoms with van der Waals surface area (Å²) < 4.78 is 28.0. The van der Waals surface area contributed by atoms with E-state index >= 15 is 0 Å². The zero-order valence-corrected chi connectivity index (χ0v) is 13.4. The van der Waals surface area contributed by atoms with E-state index in [-0.39, 0.29) is 5.56 Å². The van der Waals surface area contributed by atoms with Crippen LogP contribution in [0.2, 0.25) is 0 Å². The molecule has 5 heteroatoms. The van der Waals surface area contributed by atoms with Gasteiger partial charge in [-0.1, -0.05) is 13.0 Å². The van der Waals surface area contributed by atoms with Crippen molar-refractivity contribution in [1.29, 1.82) is 0 Å². The van der Waals surface area contributed by atoms with Crippen molar-refractivity contribution in [3.8, 4) is 0 Å². The standard InChI is InChI=1S/C16H20F2N2S/c1-4-8-19-14(9-15-20-10(2)11(3)21-15)16-12(17)6-5-7-13(16)18/h5-7,14,19H,4,8-9H2,1-3H3. The van der Waals surface area contributed by atoms with Crippen molar-refractivity contribution in [1.82, 2.24) is 10.3 Å². The van der Waals surface area contributed by atoms with Crippen LogP contribution in [0.4, 0.5) is 8.78 Å². The molecular formula is C16H20F2N2S. The lowest BCUT2D eigenvalue weighted by Gasteiger charge is -2.19. The minimum atomic E-state index is -0.506. The lowest BCUT2D eigenvalue weighted by atomic mass is 10.0. The van der Waals surface area contributed by atoms with E-state index in [0.29, 0.717) is 13.0 Å². The van der Waals surface area contributed by atoms with Crippen LogP contribution in [0.25, 0.3) is 0 Å². The van der Waals surface area contributed by atoms with Crippen LogP contribution in [0.5, 0.6) is 0 Å². The molecule has 2 nitrogen and oxygen atoms in total. The Morgan fingerprint density at radius 1 is 1.24 bits per heavy atom. The predicted octanol–water partition coefficient (Wildman–Crippen LogP) is 4.32. The molecular weight excluding hydrogens is 290 g/mol. The fourth-order valence-corrected chi connectivity index (χ4v) is 3.22. The van der Waals surface area contributed by atoms with Gasteiger partial charge in [-0.25, -0.2) is 13.8 Å². The first kappa shape index (κ1) is 16.0. The maximum Gasteiger partial charge on any atom is 0.130 e. The van der Waals surface area contributed by atoms with E-state index in [1.165, 1.54) is 18.2 Å². The minimum absolute atomic E-state index is 0.108. The molecule has 0 aliphatic carbocycles. The van der Waals surface area contributed by atoms with Crippen LogP contribution in [-0.4, -0.2) is 11.5 Å². The molecule has 114 valence electrons. The molecule has 0 aliphatic heterocycles. The van der Waals surface area contributed by atoms with Crippen LogP contribution in [0.3, 0.4) is 0 Å². The largest absolute Gasteiger partial charge is 0.309 e. The Balaban J connectivity index is 2.29. The molecule has 0 aliphatic rings. The maximum atomic E-state index is 14.0. The molecule has 0 radical (unpaired) electrons. The average molecular weight is 310 g/mol. The number of nitrogens with zero attached hydrogens (tertiary/aromatic N) is 1. The van der Waals surface area contributed by atoms with Gasteiger partial charge in [-0.2, -0.15) is 0 Å². The average Bonchev–Trinajstić information content (AvgIpc) is 2.74. The first-order valence-corrected chi connectivity index (χ1v) is 7.94. The quantitative estimate of drug-likeness (QED) is 0.859. The van der Waals surface area contributed by atoms with Crippen LogP contribution in [0.15, 0.2) is 18.2 Å². The molecule has 0 saturated carbocycles.